The predicted molar refractivity (Wildman–Crippen MR) is 87.9 cm³/mol. The van der Waals surface area contributed by atoms with Crippen LogP contribution < -0.4 is 0 Å². The monoisotopic (exact) mass is 478 g/mol. The van der Waals surface area contributed by atoms with E-state index in [1.807, 2.05) is 24.3 Å². The van der Waals surface area contributed by atoms with Gasteiger partial charge in [-0.3, -0.25) is 0 Å². The van der Waals surface area contributed by atoms with E-state index in [2.05, 4.69) is 45.2 Å². The van der Waals surface area contributed by atoms with Crippen LogP contribution in [0.4, 0.5) is 0 Å². The minimum atomic E-state index is -1.95. The Labute approximate surface area is 136 Å². The third-order valence-corrected chi connectivity index (χ3v) is 4.68. The van der Waals surface area contributed by atoms with E-state index in [4.69, 9.17) is 0 Å². The van der Waals surface area contributed by atoms with Crippen LogP contribution in [0.25, 0.3) is 11.1 Å². The van der Waals surface area contributed by atoms with Gasteiger partial charge in [0.05, 0.1) is 0 Å². The molecule has 19 heavy (non-hydrogen) atoms. The number of carbonyl (C=O) groups is 1. The number of rotatable bonds is 1. The van der Waals surface area contributed by atoms with Crippen molar-refractivity contribution in [2.45, 2.75) is 5.60 Å². The Kier molecular flexibility index (Phi) is 3.10. The van der Waals surface area contributed by atoms with Crippen LogP contribution in [-0.4, -0.2) is 16.2 Å². The number of benzene rings is 2. The van der Waals surface area contributed by atoms with Gasteiger partial charge in [0.2, 0.25) is 5.60 Å². The first kappa shape index (κ1) is 13.3. The fourth-order valence-electron chi connectivity index (χ4n) is 2.48. The van der Waals surface area contributed by atoms with Crippen molar-refractivity contribution in [1.29, 1.82) is 0 Å². The quantitative estimate of drug-likeness (QED) is 0.620. The molecule has 0 saturated carbocycles. The van der Waals surface area contributed by atoms with E-state index in [1.165, 1.54) is 0 Å². The number of halogens is 2. The average molecular weight is 478 g/mol. The number of aliphatic hydroxyl groups is 1. The molecule has 1 aliphatic rings. The molecule has 0 aliphatic heterocycles. The van der Waals surface area contributed by atoms with Gasteiger partial charge in [-0.25, -0.2) is 4.79 Å². The first-order valence-electron chi connectivity index (χ1n) is 5.51. The summed E-state index contributed by atoms with van der Waals surface area (Å²) in [6.07, 6.45) is 0. The van der Waals surface area contributed by atoms with Gasteiger partial charge in [-0.05, 0) is 80.6 Å². The molecule has 2 aromatic rings. The molecule has 0 fully saturated rings. The van der Waals surface area contributed by atoms with Gasteiger partial charge in [-0.2, -0.15) is 0 Å². The van der Waals surface area contributed by atoms with E-state index >= 15 is 0 Å². The van der Waals surface area contributed by atoms with Crippen molar-refractivity contribution in [2.75, 3.05) is 0 Å². The largest absolute Gasteiger partial charge is 0.479 e. The van der Waals surface area contributed by atoms with Crippen molar-refractivity contribution in [1.82, 2.24) is 0 Å². The maximum absolute atomic E-state index is 11.6. The molecule has 0 spiro atoms. The first-order valence-corrected chi connectivity index (χ1v) is 7.66. The van der Waals surface area contributed by atoms with Gasteiger partial charge in [0.1, 0.15) is 0 Å². The van der Waals surface area contributed by atoms with E-state index in [0.29, 0.717) is 11.1 Å². The normalized spacial score (nSPS) is 14.9. The second-order valence-corrected chi connectivity index (χ2v) is 6.89. The van der Waals surface area contributed by atoms with Crippen molar-refractivity contribution in [3.8, 4) is 11.1 Å². The molecule has 3 nitrogen and oxygen atoms in total. The van der Waals surface area contributed by atoms with Crippen LogP contribution in [0.3, 0.4) is 0 Å². The van der Waals surface area contributed by atoms with Crippen molar-refractivity contribution >= 4 is 51.2 Å². The van der Waals surface area contributed by atoms with Crippen LogP contribution in [0.2, 0.25) is 0 Å². The van der Waals surface area contributed by atoms with Crippen LogP contribution in [0.15, 0.2) is 36.4 Å². The number of fused-ring (bicyclic) bond motifs is 3. The lowest BCUT2D eigenvalue weighted by molar-refractivity contribution is -0.154. The summed E-state index contributed by atoms with van der Waals surface area (Å²) in [5.41, 5.74) is 0.522. The zero-order valence-corrected chi connectivity index (χ0v) is 13.8. The van der Waals surface area contributed by atoms with E-state index in [9.17, 15) is 15.0 Å². The molecule has 2 aromatic carbocycles. The van der Waals surface area contributed by atoms with Gasteiger partial charge in [0.25, 0.3) is 0 Å². The average Bonchev–Trinajstić information content (AvgIpc) is 2.60. The van der Waals surface area contributed by atoms with Gasteiger partial charge in [0.15, 0.2) is 0 Å². The Balaban J connectivity index is 2.42. The van der Waals surface area contributed by atoms with E-state index in [0.717, 1.165) is 18.3 Å². The maximum Gasteiger partial charge on any atom is 0.345 e. The highest BCUT2D eigenvalue weighted by Gasteiger charge is 2.48. The summed E-state index contributed by atoms with van der Waals surface area (Å²) >= 11 is 4.23. The van der Waals surface area contributed by atoms with Crippen LogP contribution in [0.5, 0.6) is 0 Å². The number of hydrogen-bond acceptors (Lipinski definition) is 2. The molecule has 5 heteroatoms. The summed E-state index contributed by atoms with van der Waals surface area (Å²) in [4.78, 5) is 11.6. The molecule has 0 radical (unpaired) electrons. The highest BCUT2D eigenvalue weighted by Crippen LogP contribution is 2.48. The molecule has 0 atom stereocenters. The number of hydrogen-bond donors (Lipinski definition) is 2. The molecule has 2 N–H and O–H groups in total. The fourth-order valence-corrected chi connectivity index (χ4v) is 3.46. The Bertz CT molecular complexity index is 658. The molecule has 3 rings (SSSR count). The second-order valence-electron chi connectivity index (χ2n) is 4.40. The molecule has 0 aromatic heterocycles. The third-order valence-electron chi connectivity index (χ3n) is 3.34. The summed E-state index contributed by atoms with van der Waals surface area (Å²) < 4.78 is 1.80. The Morgan fingerprint density at radius 3 is 1.74 bits per heavy atom. The zero-order chi connectivity index (χ0) is 13.8. The molecule has 1 aliphatic carbocycles. The number of carboxylic acid groups (broad SMARTS) is 1. The molecular formula is C14H8I2O3. The summed E-state index contributed by atoms with van der Waals surface area (Å²) in [5.74, 6) is -1.24. The molecular weight excluding hydrogens is 470 g/mol. The van der Waals surface area contributed by atoms with E-state index in [-0.39, 0.29) is 0 Å². The molecule has 0 saturated heterocycles. The highest BCUT2D eigenvalue weighted by atomic mass is 127. The number of aliphatic carboxylic acids is 1. The van der Waals surface area contributed by atoms with Gasteiger partial charge in [0, 0.05) is 18.3 Å². The zero-order valence-electron chi connectivity index (χ0n) is 9.52. The Morgan fingerprint density at radius 2 is 1.37 bits per heavy atom. The summed E-state index contributed by atoms with van der Waals surface area (Å²) in [6.45, 7) is 0. The fraction of sp³-hybridized carbons (Fsp3) is 0.0714. The van der Waals surface area contributed by atoms with Crippen molar-refractivity contribution in [3.05, 3.63) is 54.7 Å². The molecule has 0 amide bonds. The second kappa shape index (κ2) is 4.42. The maximum atomic E-state index is 11.6. The van der Waals surface area contributed by atoms with Crippen LogP contribution in [0.1, 0.15) is 11.1 Å². The van der Waals surface area contributed by atoms with Crippen LogP contribution in [-0.2, 0) is 10.4 Å². The molecule has 0 bridgehead atoms. The minimum absolute atomic E-state index is 0.448. The molecule has 0 unspecified atom stereocenters. The SMILES string of the molecule is O=C(O)C1(O)c2cc(I)ccc2-c2ccc(I)cc21. The van der Waals surface area contributed by atoms with E-state index < -0.39 is 11.6 Å². The Hall–Kier alpha value is -0.670. The van der Waals surface area contributed by atoms with Crippen molar-refractivity contribution in [2.24, 2.45) is 0 Å². The highest BCUT2D eigenvalue weighted by molar-refractivity contribution is 14.1. The molecule has 0 heterocycles. The predicted octanol–water partition coefficient (Wildman–Crippen LogP) is 3.20. The lowest BCUT2D eigenvalue weighted by Gasteiger charge is -2.20. The van der Waals surface area contributed by atoms with E-state index in [1.54, 1.807) is 12.1 Å². The molecule has 96 valence electrons. The lowest BCUT2D eigenvalue weighted by Crippen LogP contribution is -2.34. The lowest BCUT2D eigenvalue weighted by atomic mass is 9.92. The van der Waals surface area contributed by atoms with Crippen molar-refractivity contribution in [3.63, 3.8) is 0 Å². The first-order chi connectivity index (χ1) is 8.94. The summed E-state index contributed by atoms with van der Waals surface area (Å²) in [6, 6.07) is 11.0. The van der Waals surface area contributed by atoms with Crippen LogP contribution >= 0.6 is 45.2 Å². The van der Waals surface area contributed by atoms with Gasteiger partial charge in [-0.1, -0.05) is 12.1 Å². The summed E-state index contributed by atoms with van der Waals surface area (Å²) in [5, 5.41) is 20.2. The van der Waals surface area contributed by atoms with Gasteiger partial charge < -0.3 is 10.2 Å². The topological polar surface area (TPSA) is 57.5 Å². The standard InChI is InChI=1S/C14H8I2O3/c15-7-1-3-9-10-4-2-8(16)6-12(10)14(19,13(17)18)11(9)5-7/h1-6,19H,(H,17,18). The van der Waals surface area contributed by atoms with Gasteiger partial charge >= 0.3 is 5.97 Å². The Morgan fingerprint density at radius 1 is 0.947 bits per heavy atom. The van der Waals surface area contributed by atoms with Gasteiger partial charge in [-0.15, -0.1) is 0 Å². The minimum Gasteiger partial charge on any atom is -0.479 e. The van der Waals surface area contributed by atoms with Crippen molar-refractivity contribution < 1.29 is 15.0 Å². The van der Waals surface area contributed by atoms with Crippen LogP contribution in [0, 0.1) is 7.14 Å². The smallest absolute Gasteiger partial charge is 0.345 e. The summed E-state index contributed by atoms with van der Waals surface area (Å²) in [7, 11) is 0. The number of carboxylic acids is 1. The third kappa shape index (κ3) is 1.82.